The van der Waals surface area contributed by atoms with Crippen molar-refractivity contribution in [2.75, 3.05) is 6.54 Å². The largest absolute Gasteiger partial charge is 0.330 e. The van der Waals surface area contributed by atoms with Crippen LogP contribution in [0.2, 0.25) is 5.02 Å². The van der Waals surface area contributed by atoms with Gasteiger partial charge < -0.3 is 5.73 Å². The molecule has 2 N–H and O–H groups in total. The first-order chi connectivity index (χ1) is 11.9. The SMILES string of the molecule is NCCC1CCC(c2ccc(F)cc2)N1S(=O)(=O)c1ccc(Cl)cc1. The number of hydrogen-bond acceptors (Lipinski definition) is 3. The van der Waals surface area contributed by atoms with Gasteiger partial charge in [-0.3, -0.25) is 0 Å². The van der Waals surface area contributed by atoms with Crippen LogP contribution in [0.5, 0.6) is 0 Å². The molecular weight excluding hydrogens is 363 g/mol. The Morgan fingerprint density at radius 2 is 1.72 bits per heavy atom. The fourth-order valence-corrected chi connectivity index (χ4v) is 5.43. The van der Waals surface area contributed by atoms with Crippen LogP contribution in [0.25, 0.3) is 0 Å². The molecule has 3 rings (SSSR count). The normalized spacial score (nSPS) is 21.6. The van der Waals surface area contributed by atoms with Crippen LogP contribution in [-0.2, 0) is 10.0 Å². The Morgan fingerprint density at radius 1 is 1.08 bits per heavy atom. The number of sulfonamides is 1. The lowest BCUT2D eigenvalue weighted by Crippen LogP contribution is -2.38. The van der Waals surface area contributed by atoms with Crippen LogP contribution in [0, 0.1) is 5.82 Å². The summed E-state index contributed by atoms with van der Waals surface area (Å²) in [4.78, 5) is 0.202. The van der Waals surface area contributed by atoms with Gasteiger partial charge in [-0.1, -0.05) is 23.7 Å². The van der Waals surface area contributed by atoms with E-state index in [-0.39, 0.29) is 22.8 Å². The Morgan fingerprint density at radius 3 is 2.32 bits per heavy atom. The van der Waals surface area contributed by atoms with Crippen LogP contribution in [0.3, 0.4) is 0 Å². The van der Waals surface area contributed by atoms with Crippen LogP contribution in [0.1, 0.15) is 30.9 Å². The number of rotatable bonds is 5. The maximum absolute atomic E-state index is 13.2. The van der Waals surface area contributed by atoms with Crippen LogP contribution >= 0.6 is 11.6 Å². The van der Waals surface area contributed by atoms with Crippen LogP contribution in [-0.4, -0.2) is 25.3 Å². The second kappa shape index (κ2) is 7.41. The van der Waals surface area contributed by atoms with E-state index in [0.717, 1.165) is 12.0 Å². The monoisotopic (exact) mass is 382 g/mol. The van der Waals surface area contributed by atoms with Crippen molar-refractivity contribution in [3.63, 3.8) is 0 Å². The summed E-state index contributed by atoms with van der Waals surface area (Å²) < 4.78 is 41.3. The highest BCUT2D eigenvalue weighted by molar-refractivity contribution is 7.89. The third-order valence-corrected chi connectivity index (χ3v) is 6.81. The second-order valence-electron chi connectivity index (χ2n) is 6.16. The summed E-state index contributed by atoms with van der Waals surface area (Å²) in [5.74, 6) is -0.340. The second-order valence-corrected chi connectivity index (χ2v) is 8.44. The number of halogens is 2. The molecule has 2 atom stereocenters. The fraction of sp³-hybridized carbons (Fsp3) is 0.333. The number of benzene rings is 2. The molecule has 1 aliphatic heterocycles. The zero-order valence-electron chi connectivity index (χ0n) is 13.6. The molecule has 1 heterocycles. The molecule has 4 nitrogen and oxygen atoms in total. The molecule has 0 aromatic heterocycles. The molecular formula is C18H20ClFN2O2S. The quantitative estimate of drug-likeness (QED) is 0.857. The standard InChI is InChI=1S/C18H20ClFN2O2S/c19-14-3-8-17(9-4-14)25(23,24)22-16(11-12-21)7-10-18(22)13-1-5-15(20)6-2-13/h1-6,8-9,16,18H,7,10-12,21H2. The van der Waals surface area contributed by atoms with Gasteiger partial charge in [0.2, 0.25) is 10.0 Å². The first kappa shape index (κ1) is 18.3. The van der Waals surface area contributed by atoms with Gasteiger partial charge in [0.05, 0.1) is 10.9 Å². The van der Waals surface area contributed by atoms with Crippen molar-refractivity contribution >= 4 is 21.6 Å². The molecule has 1 fully saturated rings. The smallest absolute Gasteiger partial charge is 0.243 e. The van der Waals surface area contributed by atoms with Crippen molar-refractivity contribution in [3.05, 3.63) is 64.9 Å². The molecule has 0 bridgehead atoms. The summed E-state index contributed by atoms with van der Waals surface area (Å²) in [6.45, 7) is 0.410. The van der Waals surface area contributed by atoms with E-state index >= 15 is 0 Å². The molecule has 2 aromatic rings. The first-order valence-electron chi connectivity index (χ1n) is 8.18. The van der Waals surface area contributed by atoms with Gasteiger partial charge in [0, 0.05) is 11.1 Å². The molecule has 7 heteroatoms. The van der Waals surface area contributed by atoms with E-state index in [1.807, 2.05) is 0 Å². The van der Waals surface area contributed by atoms with E-state index in [0.29, 0.717) is 24.4 Å². The maximum atomic E-state index is 13.2. The Labute approximate surface area is 152 Å². The van der Waals surface area contributed by atoms with Gasteiger partial charge in [-0.15, -0.1) is 0 Å². The van der Waals surface area contributed by atoms with Gasteiger partial charge in [-0.2, -0.15) is 4.31 Å². The van der Waals surface area contributed by atoms with Crippen LogP contribution in [0.15, 0.2) is 53.4 Å². The molecule has 2 aromatic carbocycles. The van der Waals surface area contributed by atoms with Gasteiger partial charge in [0.25, 0.3) is 0 Å². The molecule has 0 spiro atoms. The van der Waals surface area contributed by atoms with E-state index in [2.05, 4.69) is 0 Å². The summed E-state index contributed by atoms with van der Waals surface area (Å²) >= 11 is 5.88. The molecule has 0 radical (unpaired) electrons. The summed E-state index contributed by atoms with van der Waals surface area (Å²) in [6.07, 6.45) is 2.00. The minimum atomic E-state index is -3.71. The fourth-order valence-electron chi connectivity index (χ4n) is 3.41. The number of nitrogens with two attached hydrogens (primary N) is 1. The molecule has 1 saturated heterocycles. The Hall–Kier alpha value is -1.47. The van der Waals surface area contributed by atoms with Crippen molar-refractivity contribution in [2.45, 2.75) is 36.2 Å². The molecule has 1 aliphatic rings. The number of hydrogen-bond donors (Lipinski definition) is 1. The van der Waals surface area contributed by atoms with Gasteiger partial charge in [-0.05, 0) is 67.8 Å². The molecule has 0 amide bonds. The van der Waals surface area contributed by atoms with E-state index in [1.165, 1.54) is 28.6 Å². The summed E-state index contributed by atoms with van der Waals surface area (Å²) in [5, 5.41) is 0.481. The predicted octanol–water partition coefficient (Wildman–Crippen LogP) is 3.72. The molecule has 0 saturated carbocycles. The zero-order valence-corrected chi connectivity index (χ0v) is 15.2. The van der Waals surface area contributed by atoms with Gasteiger partial charge in [-0.25, -0.2) is 12.8 Å². The Kier molecular flexibility index (Phi) is 5.43. The topological polar surface area (TPSA) is 63.4 Å². The highest BCUT2D eigenvalue weighted by Gasteiger charge is 2.42. The molecule has 25 heavy (non-hydrogen) atoms. The van der Waals surface area contributed by atoms with Crippen molar-refractivity contribution < 1.29 is 12.8 Å². The third-order valence-electron chi connectivity index (χ3n) is 4.58. The summed E-state index contributed by atoms with van der Waals surface area (Å²) in [7, 11) is -3.71. The predicted molar refractivity (Wildman–Crippen MR) is 96.3 cm³/mol. The van der Waals surface area contributed by atoms with Crippen LogP contribution < -0.4 is 5.73 Å². The van der Waals surface area contributed by atoms with Gasteiger partial charge >= 0.3 is 0 Å². The first-order valence-corrected chi connectivity index (χ1v) is 10.00. The van der Waals surface area contributed by atoms with Crippen molar-refractivity contribution in [2.24, 2.45) is 5.73 Å². The van der Waals surface area contributed by atoms with Crippen molar-refractivity contribution in [3.8, 4) is 0 Å². The lowest BCUT2D eigenvalue weighted by molar-refractivity contribution is 0.315. The highest BCUT2D eigenvalue weighted by atomic mass is 35.5. The lowest BCUT2D eigenvalue weighted by atomic mass is 10.1. The minimum absolute atomic E-state index is 0.166. The van der Waals surface area contributed by atoms with E-state index in [9.17, 15) is 12.8 Å². The Bertz CT molecular complexity index is 825. The van der Waals surface area contributed by atoms with Crippen LogP contribution in [0.4, 0.5) is 4.39 Å². The minimum Gasteiger partial charge on any atom is -0.330 e. The van der Waals surface area contributed by atoms with Crippen molar-refractivity contribution in [1.29, 1.82) is 0 Å². The van der Waals surface area contributed by atoms with E-state index < -0.39 is 10.0 Å². The van der Waals surface area contributed by atoms with E-state index in [1.54, 1.807) is 24.3 Å². The Balaban J connectivity index is 2.02. The van der Waals surface area contributed by atoms with Gasteiger partial charge in [0.15, 0.2) is 0 Å². The average molecular weight is 383 g/mol. The van der Waals surface area contributed by atoms with Gasteiger partial charge in [0.1, 0.15) is 5.82 Å². The average Bonchev–Trinajstić information content (AvgIpc) is 3.01. The third kappa shape index (κ3) is 3.72. The molecule has 0 aliphatic carbocycles. The maximum Gasteiger partial charge on any atom is 0.243 e. The number of nitrogens with zero attached hydrogens (tertiary/aromatic N) is 1. The molecule has 2 unspecified atom stereocenters. The summed E-state index contributed by atoms with van der Waals surface area (Å²) in [5.41, 5.74) is 6.48. The highest BCUT2D eigenvalue weighted by Crippen LogP contribution is 2.41. The molecule has 134 valence electrons. The lowest BCUT2D eigenvalue weighted by Gasteiger charge is -2.29. The van der Waals surface area contributed by atoms with Crippen molar-refractivity contribution in [1.82, 2.24) is 4.31 Å². The summed E-state index contributed by atoms with van der Waals surface area (Å²) in [6, 6.07) is 11.7. The zero-order chi connectivity index (χ0) is 18.0. The van der Waals surface area contributed by atoms with E-state index in [4.69, 9.17) is 17.3 Å².